The molecule has 0 amide bonds. The van der Waals surface area contributed by atoms with Crippen LogP contribution in [0.1, 0.15) is 11.4 Å². The van der Waals surface area contributed by atoms with E-state index in [-0.39, 0.29) is 0 Å². The van der Waals surface area contributed by atoms with Gasteiger partial charge in [-0.05, 0) is 42.8 Å². The van der Waals surface area contributed by atoms with Crippen LogP contribution in [0.3, 0.4) is 0 Å². The van der Waals surface area contributed by atoms with Crippen LogP contribution in [-0.2, 0) is 12.8 Å². The SMILES string of the molecule is Cc1ccccc1-n1c(SCc2nccn2C)nnc1-c1ccc(Cl)cc1. The number of benzene rings is 2. The standard InChI is InChI=1S/C20H18ClN5S/c1-14-5-3-4-6-17(14)26-19(15-7-9-16(21)10-8-15)23-24-20(26)27-13-18-22-11-12-25(18)2/h3-12H,13H2,1-2H3. The van der Waals surface area contributed by atoms with Gasteiger partial charge in [0.25, 0.3) is 0 Å². The van der Waals surface area contributed by atoms with Crippen molar-refractivity contribution in [2.24, 2.45) is 7.05 Å². The first kappa shape index (κ1) is 17.8. The second-order valence-electron chi connectivity index (χ2n) is 6.18. The summed E-state index contributed by atoms with van der Waals surface area (Å²) in [4.78, 5) is 4.40. The number of aromatic nitrogens is 5. The molecular weight excluding hydrogens is 378 g/mol. The fourth-order valence-electron chi connectivity index (χ4n) is 2.85. The minimum atomic E-state index is 0.699. The zero-order valence-electron chi connectivity index (χ0n) is 15.0. The summed E-state index contributed by atoms with van der Waals surface area (Å²) < 4.78 is 4.12. The third kappa shape index (κ3) is 3.63. The maximum atomic E-state index is 6.05. The molecule has 2 aromatic carbocycles. The van der Waals surface area contributed by atoms with Crippen LogP contribution in [0.5, 0.6) is 0 Å². The molecule has 0 unspecified atom stereocenters. The van der Waals surface area contributed by atoms with E-state index in [0.717, 1.165) is 33.6 Å². The number of aryl methyl sites for hydroxylation is 2. The van der Waals surface area contributed by atoms with Gasteiger partial charge in [0.1, 0.15) is 5.82 Å². The van der Waals surface area contributed by atoms with Crippen LogP contribution in [0, 0.1) is 6.92 Å². The van der Waals surface area contributed by atoms with Crippen molar-refractivity contribution in [1.29, 1.82) is 0 Å². The molecule has 5 nitrogen and oxygen atoms in total. The molecule has 136 valence electrons. The van der Waals surface area contributed by atoms with Gasteiger partial charge in [0.05, 0.1) is 11.4 Å². The number of para-hydroxylation sites is 1. The molecule has 0 fully saturated rings. The highest BCUT2D eigenvalue weighted by Crippen LogP contribution is 2.31. The first-order valence-corrected chi connectivity index (χ1v) is 9.86. The average molecular weight is 396 g/mol. The van der Waals surface area contributed by atoms with Crippen molar-refractivity contribution >= 4 is 23.4 Å². The highest BCUT2D eigenvalue weighted by molar-refractivity contribution is 7.98. The minimum absolute atomic E-state index is 0.699. The lowest BCUT2D eigenvalue weighted by Crippen LogP contribution is -2.02. The number of thioether (sulfide) groups is 1. The molecule has 0 saturated carbocycles. The van der Waals surface area contributed by atoms with Crippen LogP contribution >= 0.6 is 23.4 Å². The Kier molecular flexibility index (Phi) is 5.01. The number of nitrogens with zero attached hydrogens (tertiary/aromatic N) is 5. The van der Waals surface area contributed by atoms with Gasteiger partial charge in [-0.1, -0.05) is 41.6 Å². The number of hydrogen-bond acceptors (Lipinski definition) is 4. The molecule has 0 saturated heterocycles. The molecule has 2 heterocycles. The Hall–Kier alpha value is -2.57. The molecule has 0 atom stereocenters. The first-order chi connectivity index (χ1) is 13.1. The zero-order chi connectivity index (χ0) is 18.8. The van der Waals surface area contributed by atoms with Crippen LogP contribution in [0.4, 0.5) is 0 Å². The van der Waals surface area contributed by atoms with Crippen LogP contribution < -0.4 is 0 Å². The first-order valence-electron chi connectivity index (χ1n) is 8.50. The summed E-state index contributed by atoms with van der Waals surface area (Å²) >= 11 is 7.67. The van der Waals surface area contributed by atoms with Gasteiger partial charge in [0.15, 0.2) is 11.0 Å². The van der Waals surface area contributed by atoms with Crippen LogP contribution in [0.15, 0.2) is 66.1 Å². The summed E-state index contributed by atoms with van der Waals surface area (Å²) in [5.74, 6) is 2.50. The minimum Gasteiger partial charge on any atom is -0.337 e. The summed E-state index contributed by atoms with van der Waals surface area (Å²) in [5, 5.41) is 10.5. The molecule has 2 aromatic heterocycles. The molecule has 4 aromatic rings. The van der Waals surface area contributed by atoms with Crippen molar-refractivity contribution in [1.82, 2.24) is 24.3 Å². The molecule has 0 aliphatic rings. The third-order valence-corrected chi connectivity index (χ3v) is 5.52. The summed E-state index contributed by atoms with van der Waals surface area (Å²) in [6.07, 6.45) is 3.75. The van der Waals surface area contributed by atoms with Crippen molar-refractivity contribution in [3.63, 3.8) is 0 Å². The average Bonchev–Trinajstić information content (AvgIpc) is 3.27. The predicted molar refractivity (Wildman–Crippen MR) is 109 cm³/mol. The van der Waals surface area contributed by atoms with Gasteiger partial charge in [0, 0.05) is 30.0 Å². The molecule has 7 heteroatoms. The molecule has 0 radical (unpaired) electrons. The van der Waals surface area contributed by atoms with E-state index >= 15 is 0 Å². The number of imidazole rings is 1. The van der Waals surface area contributed by atoms with E-state index in [9.17, 15) is 0 Å². The maximum absolute atomic E-state index is 6.05. The Morgan fingerprint density at radius 1 is 1.04 bits per heavy atom. The molecule has 0 aliphatic heterocycles. The molecular formula is C20H18ClN5S. The monoisotopic (exact) mass is 395 g/mol. The highest BCUT2D eigenvalue weighted by Gasteiger charge is 2.18. The van der Waals surface area contributed by atoms with E-state index < -0.39 is 0 Å². The van der Waals surface area contributed by atoms with Gasteiger partial charge in [-0.3, -0.25) is 4.57 Å². The number of hydrogen-bond donors (Lipinski definition) is 0. The van der Waals surface area contributed by atoms with Crippen LogP contribution in [-0.4, -0.2) is 24.3 Å². The Balaban J connectivity index is 1.78. The van der Waals surface area contributed by atoms with Gasteiger partial charge in [-0.25, -0.2) is 4.98 Å². The Morgan fingerprint density at radius 3 is 2.52 bits per heavy atom. The van der Waals surface area contributed by atoms with Crippen molar-refractivity contribution in [2.45, 2.75) is 17.8 Å². The van der Waals surface area contributed by atoms with Crippen molar-refractivity contribution in [3.05, 3.63) is 77.3 Å². The smallest absolute Gasteiger partial charge is 0.196 e. The fourth-order valence-corrected chi connectivity index (χ4v) is 3.92. The summed E-state index contributed by atoms with van der Waals surface area (Å²) in [6, 6.07) is 15.9. The van der Waals surface area contributed by atoms with E-state index in [1.165, 1.54) is 0 Å². The van der Waals surface area contributed by atoms with Crippen molar-refractivity contribution in [3.8, 4) is 17.1 Å². The number of halogens is 1. The second-order valence-corrected chi connectivity index (χ2v) is 7.56. The largest absolute Gasteiger partial charge is 0.337 e. The van der Waals surface area contributed by atoms with Crippen molar-refractivity contribution in [2.75, 3.05) is 0 Å². The van der Waals surface area contributed by atoms with Gasteiger partial charge >= 0.3 is 0 Å². The van der Waals surface area contributed by atoms with Crippen LogP contribution in [0.2, 0.25) is 5.02 Å². The normalized spacial score (nSPS) is 11.1. The Morgan fingerprint density at radius 2 is 1.81 bits per heavy atom. The Bertz CT molecular complexity index is 1070. The van der Waals surface area contributed by atoms with E-state index in [1.807, 2.05) is 54.2 Å². The zero-order valence-corrected chi connectivity index (χ0v) is 16.6. The van der Waals surface area contributed by atoms with Gasteiger partial charge in [-0.2, -0.15) is 0 Å². The molecule has 0 bridgehead atoms. The van der Waals surface area contributed by atoms with E-state index in [2.05, 4.69) is 38.8 Å². The molecule has 0 aliphatic carbocycles. The summed E-state index contributed by atoms with van der Waals surface area (Å²) in [6.45, 7) is 2.09. The molecule has 0 N–H and O–H groups in total. The molecule has 0 spiro atoms. The second kappa shape index (κ2) is 7.58. The predicted octanol–water partition coefficient (Wildman–Crippen LogP) is 4.92. The summed E-state index contributed by atoms with van der Waals surface area (Å²) in [5.41, 5.74) is 3.19. The lowest BCUT2D eigenvalue weighted by molar-refractivity contribution is 0.840. The highest BCUT2D eigenvalue weighted by atomic mass is 35.5. The quantitative estimate of drug-likeness (QED) is 0.450. The Labute approximate surface area is 167 Å². The van der Waals surface area contributed by atoms with E-state index in [4.69, 9.17) is 11.6 Å². The number of rotatable bonds is 5. The third-order valence-electron chi connectivity index (χ3n) is 4.34. The topological polar surface area (TPSA) is 48.5 Å². The van der Waals surface area contributed by atoms with Crippen molar-refractivity contribution < 1.29 is 0 Å². The van der Waals surface area contributed by atoms with Gasteiger partial charge < -0.3 is 4.57 Å². The lowest BCUT2D eigenvalue weighted by Gasteiger charge is -2.13. The summed E-state index contributed by atoms with van der Waals surface area (Å²) in [7, 11) is 1.99. The van der Waals surface area contributed by atoms with Gasteiger partial charge in [0.2, 0.25) is 0 Å². The maximum Gasteiger partial charge on any atom is 0.196 e. The molecule has 27 heavy (non-hydrogen) atoms. The fraction of sp³-hybridized carbons (Fsp3) is 0.150. The lowest BCUT2D eigenvalue weighted by atomic mass is 10.1. The van der Waals surface area contributed by atoms with Gasteiger partial charge in [-0.15, -0.1) is 10.2 Å². The van der Waals surface area contributed by atoms with E-state index in [1.54, 1.807) is 18.0 Å². The van der Waals surface area contributed by atoms with E-state index in [0.29, 0.717) is 10.8 Å². The molecule has 4 rings (SSSR count). The van der Waals surface area contributed by atoms with Crippen LogP contribution in [0.25, 0.3) is 17.1 Å².